The Kier molecular flexibility index (Phi) is 4.60. The molecule has 0 N–H and O–H groups in total. The number of amides is 1. The van der Waals surface area contributed by atoms with Crippen LogP contribution in [0.1, 0.15) is 36.0 Å². The molecule has 0 heterocycles. The van der Waals surface area contributed by atoms with Crippen LogP contribution in [0, 0.1) is 29.3 Å². The van der Waals surface area contributed by atoms with Gasteiger partial charge in [0, 0.05) is 25.2 Å². The summed E-state index contributed by atoms with van der Waals surface area (Å²) in [5.74, 6) is -2.93. The molecule has 24 heavy (non-hydrogen) atoms. The third kappa shape index (κ3) is 3.04. The molecule has 0 aliphatic heterocycles. The van der Waals surface area contributed by atoms with Crippen molar-refractivity contribution in [1.29, 1.82) is 0 Å². The van der Waals surface area contributed by atoms with Crippen LogP contribution >= 0.6 is 0 Å². The summed E-state index contributed by atoms with van der Waals surface area (Å²) in [6.07, 6.45) is 4.02. The molecule has 2 unspecified atom stereocenters. The van der Waals surface area contributed by atoms with Gasteiger partial charge in [-0.3, -0.25) is 4.79 Å². The van der Waals surface area contributed by atoms with Crippen LogP contribution in [0.4, 0.5) is 13.2 Å². The van der Waals surface area contributed by atoms with Gasteiger partial charge in [0.2, 0.25) is 0 Å². The first kappa shape index (κ1) is 17.3. The largest absolute Gasteiger partial charge is 0.339 e. The molecule has 1 amide bonds. The molecule has 4 atom stereocenters. The van der Waals surface area contributed by atoms with Gasteiger partial charge in [-0.1, -0.05) is 0 Å². The van der Waals surface area contributed by atoms with Crippen LogP contribution in [-0.4, -0.2) is 48.9 Å². The average molecular weight is 340 g/mol. The maximum atomic E-state index is 13.8. The first-order chi connectivity index (χ1) is 11.3. The summed E-state index contributed by atoms with van der Waals surface area (Å²) < 4.78 is 40.2. The van der Waals surface area contributed by atoms with Crippen LogP contribution in [0.2, 0.25) is 0 Å². The molecule has 1 aromatic carbocycles. The lowest BCUT2D eigenvalue weighted by atomic mass is 10.0. The molecule has 2 aliphatic carbocycles. The van der Waals surface area contributed by atoms with Crippen molar-refractivity contribution in [2.75, 3.05) is 21.1 Å². The standard InChI is InChI=1S/C18H23F3N2O/c1-22(2)12-4-10-6-13(7-11(10)5-12)23(3)18(24)14-8-16(20)17(21)9-15(14)19/h8-13H,4-7H2,1-3H3/t10-,11+,12?,13?. The molecular formula is C18H23F3N2O. The van der Waals surface area contributed by atoms with E-state index < -0.39 is 28.9 Å². The summed E-state index contributed by atoms with van der Waals surface area (Å²) in [6.45, 7) is 0. The van der Waals surface area contributed by atoms with Gasteiger partial charge in [-0.2, -0.15) is 0 Å². The van der Waals surface area contributed by atoms with Crippen LogP contribution in [0.15, 0.2) is 12.1 Å². The van der Waals surface area contributed by atoms with Crippen molar-refractivity contribution in [3.63, 3.8) is 0 Å². The van der Waals surface area contributed by atoms with Crippen molar-refractivity contribution in [3.05, 3.63) is 35.1 Å². The average Bonchev–Trinajstić information content (AvgIpc) is 3.08. The van der Waals surface area contributed by atoms with Crippen molar-refractivity contribution in [1.82, 2.24) is 9.80 Å². The van der Waals surface area contributed by atoms with E-state index in [1.165, 1.54) is 4.90 Å². The Hall–Kier alpha value is -1.56. The molecular weight excluding hydrogens is 317 g/mol. The monoisotopic (exact) mass is 340 g/mol. The molecule has 0 aromatic heterocycles. The van der Waals surface area contributed by atoms with E-state index in [1.807, 2.05) is 0 Å². The molecule has 6 heteroatoms. The van der Waals surface area contributed by atoms with E-state index in [9.17, 15) is 18.0 Å². The zero-order valence-corrected chi connectivity index (χ0v) is 14.2. The number of halogens is 3. The van der Waals surface area contributed by atoms with E-state index >= 15 is 0 Å². The molecule has 2 fully saturated rings. The Morgan fingerprint density at radius 2 is 1.38 bits per heavy atom. The number of carbonyl (C=O) groups excluding carboxylic acids is 1. The minimum Gasteiger partial charge on any atom is -0.339 e. The predicted octanol–water partition coefficient (Wildman–Crippen LogP) is 3.29. The van der Waals surface area contributed by atoms with Crippen LogP contribution in [0.3, 0.4) is 0 Å². The summed E-state index contributed by atoms with van der Waals surface area (Å²) in [6, 6.07) is 1.71. The first-order valence-electron chi connectivity index (χ1n) is 8.36. The maximum absolute atomic E-state index is 13.8. The summed E-state index contributed by atoms with van der Waals surface area (Å²) in [7, 11) is 5.80. The molecule has 3 nitrogen and oxygen atoms in total. The Bertz CT molecular complexity index is 635. The van der Waals surface area contributed by atoms with Crippen LogP contribution in [-0.2, 0) is 0 Å². The lowest BCUT2D eigenvalue weighted by Crippen LogP contribution is -2.37. The summed E-state index contributed by atoms with van der Waals surface area (Å²) in [5, 5.41) is 0. The number of hydrogen-bond acceptors (Lipinski definition) is 2. The molecule has 1 aromatic rings. The Balaban J connectivity index is 1.69. The molecule has 0 saturated heterocycles. The second-order valence-corrected chi connectivity index (χ2v) is 7.40. The summed E-state index contributed by atoms with van der Waals surface area (Å²) in [5.41, 5.74) is -0.403. The van der Waals surface area contributed by atoms with Crippen molar-refractivity contribution in [2.45, 2.75) is 37.8 Å². The fraction of sp³-hybridized carbons (Fsp3) is 0.611. The van der Waals surface area contributed by atoms with E-state index in [-0.39, 0.29) is 6.04 Å². The first-order valence-corrected chi connectivity index (χ1v) is 8.36. The fourth-order valence-corrected chi connectivity index (χ4v) is 4.33. The van der Waals surface area contributed by atoms with Crippen molar-refractivity contribution in [3.8, 4) is 0 Å². The second kappa shape index (κ2) is 6.39. The molecule has 0 radical (unpaired) electrons. The number of hydrogen-bond donors (Lipinski definition) is 0. The molecule has 0 spiro atoms. The normalized spacial score (nSPS) is 29.1. The SMILES string of the molecule is CN(C)C1C[C@@H]2CC(N(C)C(=O)c3cc(F)c(F)cc3F)C[C@@H]2C1. The van der Waals surface area contributed by atoms with Crippen molar-refractivity contribution >= 4 is 5.91 Å². The van der Waals surface area contributed by atoms with Crippen LogP contribution in [0.25, 0.3) is 0 Å². The highest BCUT2D eigenvalue weighted by molar-refractivity contribution is 5.94. The lowest BCUT2D eigenvalue weighted by molar-refractivity contribution is 0.0720. The van der Waals surface area contributed by atoms with Crippen LogP contribution in [0.5, 0.6) is 0 Å². The van der Waals surface area contributed by atoms with Gasteiger partial charge in [-0.25, -0.2) is 13.2 Å². The Morgan fingerprint density at radius 3 is 1.92 bits per heavy atom. The van der Waals surface area contributed by atoms with Gasteiger partial charge < -0.3 is 9.80 Å². The van der Waals surface area contributed by atoms with Gasteiger partial charge in [-0.15, -0.1) is 0 Å². The van der Waals surface area contributed by atoms with Gasteiger partial charge in [0.25, 0.3) is 5.91 Å². The van der Waals surface area contributed by atoms with E-state index in [2.05, 4.69) is 19.0 Å². The number of carbonyl (C=O) groups is 1. The van der Waals surface area contributed by atoms with Gasteiger partial charge in [0.15, 0.2) is 11.6 Å². The van der Waals surface area contributed by atoms with E-state index in [0.717, 1.165) is 25.7 Å². The highest BCUT2D eigenvalue weighted by atomic mass is 19.2. The second-order valence-electron chi connectivity index (χ2n) is 7.40. The zero-order chi connectivity index (χ0) is 17.6. The number of nitrogens with zero attached hydrogens (tertiary/aromatic N) is 2. The zero-order valence-electron chi connectivity index (χ0n) is 14.2. The third-order valence-corrected chi connectivity index (χ3v) is 5.80. The van der Waals surface area contributed by atoms with Crippen LogP contribution < -0.4 is 0 Å². The number of fused-ring (bicyclic) bond motifs is 1. The van der Waals surface area contributed by atoms with Gasteiger partial charge >= 0.3 is 0 Å². The maximum Gasteiger partial charge on any atom is 0.256 e. The van der Waals surface area contributed by atoms with E-state index in [1.54, 1.807) is 7.05 Å². The minimum absolute atomic E-state index is 0.0307. The Morgan fingerprint density at radius 1 is 0.875 bits per heavy atom. The highest BCUT2D eigenvalue weighted by Crippen LogP contribution is 2.46. The lowest BCUT2D eigenvalue weighted by Gasteiger charge is -2.27. The smallest absolute Gasteiger partial charge is 0.256 e. The molecule has 2 saturated carbocycles. The number of benzene rings is 1. The third-order valence-electron chi connectivity index (χ3n) is 5.80. The molecule has 2 aliphatic rings. The minimum atomic E-state index is -1.28. The summed E-state index contributed by atoms with van der Waals surface area (Å²) in [4.78, 5) is 16.2. The molecule has 3 rings (SSSR count). The quantitative estimate of drug-likeness (QED) is 0.789. The summed E-state index contributed by atoms with van der Waals surface area (Å²) >= 11 is 0. The van der Waals surface area contributed by atoms with Crippen molar-refractivity contribution in [2.24, 2.45) is 11.8 Å². The molecule has 0 bridgehead atoms. The molecule has 132 valence electrons. The highest BCUT2D eigenvalue weighted by Gasteiger charge is 2.44. The topological polar surface area (TPSA) is 23.6 Å². The van der Waals surface area contributed by atoms with Crippen molar-refractivity contribution < 1.29 is 18.0 Å². The Labute approximate surface area is 140 Å². The van der Waals surface area contributed by atoms with E-state index in [4.69, 9.17) is 0 Å². The number of rotatable bonds is 3. The fourth-order valence-electron chi connectivity index (χ4n) is 4.33. The van der Waals surface area contributed by atoms with Gasteiger partial charge in [-0.05, 0) is 57.7 Å². The van der Waals surface area contributed by atoms with Gasteiger partial charge in [0.1, 0.15) is 5.82 Å². The van der Waals surface area contributed by atoms with E-state index in [0.29, 0.717) is 30.0 Å². The predicted molar refractivity (Wildman–Crippen MR) is 85.1 cm³/mol. The van der Waals surface area contributed by atoms with Gasteiger partial charge in [0.05, 0.1) is 5.56 Å².